The molecule has 2 rings (SSSR count). The van der Waals surface area contributed by atoms with E-state index in [-0.39, 0.29) is 25.4 Å². The number of imide groups is 1. The Bertz CT molecular complexity index is 704. The second-order valence-corrected chi connectivity index (χ2v) is 5.71. The molecule has 1 aliphatic heterocycles. The first kappa shape index (κ1) is 20.3. The molecule has 0 aliphatic carbocycles. The molecular weight excluding hydrogens is 375 g/mol. The number of nitrogens with zero attached hydrogens (tertiary/aromatic N) is 1. The highest BCUT2D eigenvalue weighted by Crippen LogP contribution is 2.21. The van der Waals surface area contributed by atoms with Crippen LogP contribution >= 0.6 is 0 Å². The van der Waals surface area contributed by atoms with Crippen LogP contribution < -0.4 is 10.6 Å². The monoisotopic (exact) mass is 391 g/mol. The van der Waals surface area contributed by atoms with E-state index in [1.54, 1.807) is 17.4 Å². The van der Waals surface area contributed by atoms with Crippen LogP contribution in [0.25, 0.3) is 0 Å². The van der Waals surface area contributed by atoms with Crippen molar-refractivity contribution in [2.45, 2.75) is 19.1 Å². The molecule has 12 heteroatoms. The summed E-state index contributed by atoms with van der Waals surface area (Å²) in [6.07, 6.45) is -3.28. The molecule has 148 valence electrons. The SMILES string of the molecule is O=C(COC(=O)[C@H]1CC(=O)N(Cc2ccco2)C1)NC(=O)NCC(F)(F)F. The van der Waals surface area contributed by atoms with E-state index in [0.29, 0.717) is 5.76 Å². The Kier molecular flexibility index (Phi) is 6.42. The summed E-state index contributed by atoms with van der Waals surface area (Å²) < 4.78 is 45.6. The minimum atomic E-state index is -4.62. The van der Waals surface area contributed by atoms with Crippen LogP contribution in [0.15, 0.2) is 22.8 Å². The number of hydrogen-bond donors (Lipinski definition) is 2. The Morgan fingerprint density at radius 3 is 2.70 bits per heavy atom. The van der Waals surface area contributed by atoms with Gasteiger partial charge in [-0.1, -0.05) is 0 Å². The first-order valence-corrected chi connectivity index (χ1v) is 7.75. The molecule has 9 nitrogen and oxygen atoms in total. The van der Waals surface area contributed by atoms with Crippen molar-refractivity contribution in [1.82, 2.24) is 15.5 Å². The summed E-state index contributed by atoms with van der Waals surface area (Å²) in [5.74, 6) is -2.46. The number of nitrogens with one attached hydrogen (secondary N) is 2. The maximum atomic E-state index is 11.9. The minimum absolute atomic E-state index is 0.0755. The molecule has 0 radical (unpaired) electrons. The molecule has 1 aliphatic rings. The third-order valence-corrected chi connectivity index (χ3v) is 3.52. The highest BCUT2D eigenvalue weighted by Gasteiger charge is 2.36. The van der Waals surface area contributed by atoms with E-state index >= 15 is 0 Å². The van der Waals surface area contributed by atoms with E-state index in [0.717, 1.165) is 0 Å². The van der Waals surface area contributed by atoms with Crippen LogP contribution in [0.1, 0.15) is 12.2 Å². The number of esters is 1. The lowest BCUT2D eigenvalue weighted by Crippen LogP contribution is -2.44. The van der Waals surface area contributed by atoms with Crippen molar-refractivity contribution in [3.63, 3.8) is 0 Å². The number of rotatable bonds is 6. The first-order chi connectivity index (χ1) is 12.6. The van der Waals surface area contributed by atoms with Crippen LogP contribution in [-0.2, 0) is 25.7 Å². The van der Waals surface area contributed by atoms with E-state index in [4.69, 9.17) is 9.15 Å². The molecule has 0 saturated carbocycles. The van der Waals surface area contributed by atoms with Crippen LogP contribution in [0.2, 0.25) is 0 Å². The predicted molar refractivity (Wildman–Crippen MR) is 80.8 cm³/mol. The number of ether oxygens (including phenoxy) is 1. The molecule has 0 spiro atoms. The van der Waals surface area contributed by atoms with Crippen LogP contribution in [-0.4, -0.2) is 54.6 Å². The summed E-state index contributed by atoms with van der Waals surface area (Å²) in [5, 5.41) is 3.02. The number of likely N-dealkylation sites (tertiary alicyclic amines) is 1. The summed E-state index contributed by atoms with van der Waals surface area (Å²) >= 11 is 0. The Morgan fingerprint density at radius 2 is 2.07 bits per heavy atom. The van der Waals surface area contributed by atoms with Crippen molar-refractivity contribution in [2.75, 3.05) is 19.7 Å². The number of urea groups is 1. The van der Waals surface area contributed by atoms with Crippen LogP contribution in [0.4, 0.5) is 18.0 Å². The van der Waals surface area contributed by atoms with Gasteiger partial charge in [0.25, 0.3) is 5.91 Å². The number of carbonyl (C=O) groups excluding carboxylic acids is 4. The topological polar surface area (TPSA) is 118 Å². The molecule has 1 atom stereocenters. The van der Waals surface area contributed by atoms with Gasteiger partial charge in [-0.2, -0.15) is 13.2 Å². The molecule has 4 amide bonds. The van der Waals surface area contributed by atoms with Gasteiger partial charge in [-0.05, 0) is 12.1 Å². The van der Waals surface area contributed by atoms with Crippen molar-refractivity contribution in [2.24, 2.45) is 5.92 Å². The fraction of sp³-hybridized carbons (Fsp3) is 0.467. The van der Waals surface area contributed by atoms with Gasteiger partial charge >= 0.3 is 18.2 Å². The zero-order valence-corrected chi connectivity index (χ0v) is 13.9. The number of halogens is 3. The lowest BCUT2D eigenvalue weighted by atomic mass is 10.1. The third kappa shape index (κ3) is 6.64. The molecule has 2 heterocycles. The standard InChI is InChI=1S/C15H16F3N3O6/c16-15(17,18)8-19-14(25)20-11(22)7-27-13(24)9-4-12(23)21(5-9)6-10-2-1-3-26-10/h1-3,9H,4-8H2,(H2,19,20,22,25)/t9-/m0/s1. The molecular formula is C15H16F3N3O6. The van der Waals surface area contributed by atoms with Gasteiger partial charge < -0.3 is 19.4 Å². The number of amides is 4. The van der Waals surface area contributed by atoms with E-state index in [2.05, 4.69) is 0 Å². The molecule has 0 bridgehead atoms. The Hall–Kier alpha value is -3.05. The number of hydrogen-bond acceptors (Lipinski definition) is 6. The largest absolute Gasteiger partial charge is 0.467 e. The number of furan rings is 1. The van der Waals surface area contributed by atoms with Crippen molar-refractivity contribution in [1.29, 1.82) is 0 Å². The van der Waals surface area contributed by atoms with Crippen molar-refractivity contribution in [3.05, 3.63) is 24.2 Å². The summed E-state index contributed by atoms with van der Waals surface area (Å²) in [4.78, 5) is 47.7. The second-order valence-electron chi connectivity index (χ2n) is 5.71. The van der Waals surface area contributed by atoms with Crippen LogP contribution in [0.3, 0.4) is 0 Å². The second kappa shape index (κ2) is 8.56. The average Bonchev–Trinajstić information content (AvgIpc) is 3.21. The van der Waals surface area contributed by atoms with Crippen molar-refractivity contribution >= 4 is 23.8 Å². The molecule has 1 saturated heterocycles. The zero-order chi connectivity index (χ0) is 20.0. The van der Waals surface area contributed by atoms with Gasteiger partial charge in [-0.15, -0.1) is 0 Å². The maximum Gasteiger partial charge on any atom is 0.405 e. The van der Waals surface area contributed by atoms with Gasteiger partial charge in [0.2, 0.25) is 5.91 Å². The van der Waals surface area contributed by atoms with Gasteiger partial charge in [0.15, 0.2) is 6.61 Å². The maximum absolute atomic E-state index is 11.9. The highest BCUT2D eigenvalue weighted by atomic mass is 19.4. The quantitative estimate of drug-likeness (QED) is 0.685. The lowest BCUT2D eigenvalue weighted by Gasteiger charge is -2.14. The molecule has 1 fully saturated rings. The van der Waals surface area contributed by atoms with Gasteiger partial charge in [0.1, 0.15) is 12.3 Å². The molecule has 0 aromatic carbocycles. The smallest absolute Gasteiger partial charge is 0.405 e. The lowest BCUT2D eigenvalue weighted by molar-refractivity contribution is -0.152. The van der Waals surface area contributed by atoms with E-state index in [9.17, 15) is 32.3 Å². The van der Waals surface area contributed by atoms with Crippen LogP contribution in [0.5, 0.6) is 0 Å². The van der Waals surface area contributed by atoms with Crippen LogP contribution in [0, 0.1) is 5.92 Å². The van der Waals surface area contributed by atoms with E-state index in [1.807, 2.05) is 0 Å². The highest BCUT2D eigenvalue weighted by molar-refractivity contribution is 5.96. The molecule has 27 heavy (non-hydrogen) atoms. The van der Waals surface area contributed by atoms with E-state index < -0.39 is 43.2 Å². The predicted octanol–water partition coefficient (Wildman–Crippen LogP) is 0.559. The Morgan fingerprint density at radius 1 is 1.33 bits per heavy atom. The summed E-state index contributed by atoms with van der Waals surface area (Å²) in [7, 11) is 0. The fourth-order valence-corrected chi connectivity index (χ4v) is 2.32. The van der Waals surface area contributed by atoms with Gasteiger partial charge in [-0.25, -0.2) is 4.79 Å². The van der Waals surface area contributed by atoms with Gasteiger partial charge in [-0.3, -0.25) is 19.7 Å². The third-order valence-electron chi connectivity index (χ3n) is 3.52. The Balaban J connectivity index is 1.71. The molecule has 1 aromatic heterocycles. The molecule has 0 unspecified atom stereocenters. The summed E-state index contributed by atoms with van der Waals surface area (Å²) in [5.41, 5.74) is 0. The minimum Gasteiger partial charge on any atom is -0.467 e. The Labute approximate surface area is 150 Å². The van der Waals surface area contributed by atoms with E-state index in [1.165, 1.54) is 16.5 Å². The van der Waals surface area contributed by atoms with Crippen molar-refractivity contribution < 1.29 is 41.5 Å². The summed E-state index contributed by atoms with van der Waals surface area (Å²) in [6.45, 7) is -2.20. The molecule has 2 N–H and O–H groups in total. The van der Waals surface area contributed by atoms with Gasteiger partial charge in [0.05, 0.1) is 18.7 Å². The summed E-state index contributed by atoms with van der Waals surface area (Å²) in [6, 6.07) is 1.96. The van der Waals surface area contributed by atoms with Gasteiger partial charge in [0, 0.05) is 13.0 Å². The van der Waals surface area contributed by atoms with Crippen molar-refractivity contribution in [3.8, 4) is 0 Å². The first-order valence-electron chi connectivity index (χ1n) is 7.75. The molecule has 1 aromatic rings. The fourth-order valence-electron chi connectivity index (χ4n) is 2.32. The average molecular weight is 391 g/mol. The normalized spacial score (nSPS) is 16.9. The number of carbonyl (C=O) groups is 4. The zero-order valence-electron chi connectivity index (χ0n) is 13.9. The number of alkyl halides is 3.